The zero-order valence-corrected chi connectivity index (χ0v) is 11.7. The third kappa shape index (κ3) is 5.80. The number of esters is 2. The molecule has 104 valence electrons. The molecule has 0 aromatic rings. The molecule has 0 aliphatic rings. The fraction of sp³-hybridized carbons (Fsp3) is 0.769. The van der Waals surface area contributed by atoms with E-state index in [1.165, 1.54) is 0 Å². The Kier molecular flexibility index (Phi) is 6.58. The highest BCUT2D eigenvalue weighted by molar-refractivity contribution is 6.15. The quantitative estimate of drug-likeness (QED) is 0.536. The maximum Gasteiger partial charge on any atom is 0.328 e. The first-order valence-electron chi connectivity index (χ1n) is 6.09. The molecule has 0 saturated carbocycles. The van der Waals surface area contributed by atoms with Gasteiger partial charge in [0.15, 0.2) is 5.78 Å². The lowest BCUT2D eigenvalue weighted by molar-refractivity contribution is -0.164. The summed E-state index contributed by atoms with van der Waals surface area (Å²) in [5, 5.41) is 0. The van der Waals surface area contributed by atoms with Crippen LogP contribution < -0.4 is 0 Å². The number of Topliss-reactive ketones (excluding diaryl/α,β-unsaturated/α-hetero) is 1. The maximum atomic E-state index is 12.0. The van der Waals surface area contributed by atoms with Crippen LogP contribution in [0.2, 0.25) is 0 Å². The summed E-state index contributed by atoms with van der Waals surface area (Å²) in [7, 11) is 0. The number of hydrogen-bond acceptors (Lipinski definition) is 5. The molecule has 0 N–H and O–H groups in total. The van der Waals surface area contributed by atoms with Gasteiger partial charge in [-0.15, -0.1) is 0 Å². The normalized spacial score (nSPS) is 11.2. The van der Waals surface area contributed by atoms with Crippen LogP contribution in [0, 0.1) is 11.3 Å². The third-order valence-corrected chi connectivity index (χ3v) is 2.07. The SMILES string of the molecule is CCOC(=O)C(C(=O)CC(C)(C)C)C(=O)OCC. The average molecular weight is 258 g/mol. The molecule has 5 nitrogen and oxygen atoms in total. The van der Waals surface area contributed by atoms with Crippen LogP contribution in [-0.4, -0.2) is 30.9 Å². The van der Waals surface area contributed by atoms with Gasteiger partial charge in [-0.1, -0.05) is 20.8 Å². The summed E-state index contributed by atoms with van der Waals surface area (Å²) >= 11 is 0. The zero-order valence-electron chi connectivity index (χ0n) is 11.7. The van der Waals surface area contributed by atoms with E-state index in [9.17, 15) is 14.4 Å². The van der Waals surface area contributed by atoms with E-state index in [0.29, 0.717) is 0 Å². The standard InChI is InChI=1S/C13H22O5/c1-6-17-11(15)10(12(16)18-7-2)9(14)8-13(3,4)5/h10H,6-8H2,1-5H3. The Hall–Kier alpha value is -1.39. The predicted molar refractivity (Wildman–Crippen MR) is 65.8 cm³/mol. The van der Waals surface area contributed by atoms with Crippen LogP contribution in [0.4, 0.5) is 0 Å². The molecule has 0 fully saturated rings. The Bertz CT molecular complexity index is 296. The third-order valence-electron chi connectivity index (χ3n) is 2.07. The first-order chi connectivity index (χ1) is 8.22. The Morgan fingerprint density at radius 1 is 0.944 bits per heavy atom. The summed E-state index contributed by atoms with van der Waals surface area (Å²) in [6.45, 7) is 9.06. The fourth-order valence-electron chi connectivity index (χ4n) is 1.44. The van der Waals surface area contributed by atoms with Crippen LogP contribution in [0.5, 0.6) is 0 Å². The molecule has 0 aliphatic carbocycles. The molecule has 0 bridgehead atoms. The van der Waals surface area contributed by atoms with E-state index in [1.807, 2.05) is 20.8 Å². The van der Waals surface area contributed by atoms with E-state index >= 15 is 0 Å². The largest absolute Gasteiger partial charge is 0.465 e. The van der Waals surface area contributed by atoms with Gasteiger partial charge in [-0.3, -0.25) is 14.4 Å². The Morgan fingerprint density at radius 2 is 1.33 bits per heavy atom. The van der Waals surface area contributed by atoms with Crippen LogP contribution >= 0.6 is 0 Å². The smallest absolute Gasteiger partial charge is 0.328 e. The summed E-state index contributed by atoms with van der Waals surface area (Å²) in [6, 6.07) is 0. The van der Waals surface area contributed by atoms with Gasteiger partial charge >= 0.3 is 11.9 Å². The highest BCUT2D eigenvalue weighted by Gasteiger charge is 2.38. The van der Waals surface area contributed by atoms with Crippen molar-refractivity contribution in [1.29, 1.82) is 0 Å². The highest BCUT2D eigenvalue weighted by atomic mass is 16.6. The number of hydrogen-bond donors (Lipinski definition) is 0. The predicted octanol–water partition coefficient (Wildman–Crippen LogP) is 1.73. The molecule has 0 aliphatic heterocycles. The molecule has 0 heterocycles. The van der Waals surface area contributed by atoms with E-state index in [-0.39, 0.29) is 25.0 Å². The second kappa shape index (κ2) is 7.13. The lowest BCUT2D eigenvalue weighted by Gasteiger charge is -2.20. The molecule has 0 rings (SSSR count). The molecule has 0 saturated heterocycles. The number of carbonyl (C=O) groups excluding carboxylic acids is 3. The van der Waals surface area contributed by atoms with Crippen molar-refractivity contribution in [3.05, 3.63) is 0 Å². The number of ether oxygens (including phenoxy) is 2. The Balaban J connectivity index is 4.91. The lowest BCUT2D eigenvalue weighted by atomic mass is 9.85. The molecule has 0 spiro atoms. The average Bonchev–Trinajstić information content (AvgIpc) is 2.15. The van der Waals surface area contributed by atoms with Gasteiger partial charge in [0.25, 0.3) is 0 Å². The van der Waals surface area contributed by atoms with Gasteiger partial charge in [-0.2, -0.15) is 0 Å². The van der Waals surface area contributed by atoms with Gasteiger partial charge in [-0.25, -0.2) is 0 Å². The van der Waals surface area contributed by atoms with E-state index in [4.69, 9.17) is 9.47 Å². The molecular formula is C13H22O5. The van der Waals surface area contributed by atoms with Gasteiger partial charge in [-0.05, 0) is 19.3 Å². The van der Waals surface area contributed by atoms with Gasteiger partial charge in [0.05, 0.1) is 13.2 Å². The summed E-state index contributed by atoms with van der Waals surface area (Å²) < 4.78 is 9.49. The second-order valence-electron chi connectivity index (χ2n) is 5.14. The molecule has 18 heavy (non-hydrogen) atoms. The zero-order chi connectivity index (χ0) is 14.3. The second-order valence-corrected chi connectivity index (χ2v) is 5.14. The first-order valence-corrected chi connectivity index (χ1v) is 6.09. The van der Waals surface area contributed by atoms with Crippen LogP contribution in [0.1, 0.15) is 41.0 Å². The summed E-state index contributed by atoms with van der Waals surface area (Å²) in [6.07, 6.45) is 0.120. The van der Waals surface area contributed by atoms with E-state index < -0.39 is 23.6 Å². The first kappa shape index (κ1) is 16.6. The number of rotatable bonds is 6. The molecule has 0 aromatic heterocycles. The van der Waals surface area contributed by atoms with Crippen molar-refractivity contribution in [1.82, 2.24) is 0 Å². The molecule has 0 unspecified atom stereocenters. The minimum absolute atomic E-state index is 0.120. The minimum atomic E-state index is -1.45. The van der Waals surface area contributed by atoms with Crippen LogP contribution in [0.3, 0.4) is 0 Å². The topological polar surface area (TPSA) is 69.7 Å². The van der Waals surface area contributed by atoms with Gasteiger partial charge < -0.3 is 9.47 Å². The highest BCUT2D eigenvalue weighted by Crippen LogP contribution is 2.22. The lowest BCUT2D eigenvalue weighted by Crippen LogP contribution is -2.36. The fourth-order valence-corrected chi connectivity index (χ4v) is 1.44. The number of ketones is 1. The van der Waals surface area contributed by atoms with Gasteiger partial charge in [0.1, 0.15) is 0 Å². The van der Waals surface area contributed by atoms with Crippen molar-refractivity contribution in [2.75, 3.05) is 13.2 Å². The van der Waals surface area contributed by atoms with Crippen molar-refractivity contribution in [3.8, 4) is 0 Å². The van der Waals surface area contributed by atoms with Crippen LogP contribution in [0.15, 0.2) is 0 Å². The number of carbonyl (C=O) groups is 3. The van der Waals surface area contributed by atoms with Crippen molar-refractivity contribution in [2.45, 2.75) is 41.0 Å². The monoisotopic (exact) mass is 258 g/mol. The van der Waals surface area contributed by atoms with Gasteiger partial charge in [0, 0.05) is 6.42 Å². The van der Waals surface area contributed by atoms with Crippen LogP contribution in [0.25, 0.3) is 0 Å². The summed E-state index contributed by atoms with van der Waals surface area (Å²) in [5.74, 6) is -3.57. The molecule has 0 atom stereocenters. The van der Waals surface area contributed by atoms with Gasteiger partial charge in [0.2, 0.25) is 5.92 Å². The van der Waals surface area contributed by atoms with E-state index in [1.54, 1.807) is 13.8 Å². The van der Waals surface area contributed by atoms with Crippen molar-refractivity contribution in [3.63, 3.8) is 0 Å². The van der Waals surface area contributed by atoms with Crippen LogP contribution in [-0.2, 0) is 23.9 Å². The molecule has 0 amide bonds. The van der Waals surface area contributed by atoms with E-state index in [2.05, 4.69) is 0 Å². The minimum Gasteiger partial charge on any atom is -0.465 e. The molecule has 0 radical (unpaired) electrons. The van der Waals surface area contributed by atoms with Crippen molar-refractivity contribution >= 4 is 17.7 Å². The van der Waals surface area contributed by atoms with E-state index in [0.717, 1.165) is 0 Å². The maximum absolute atomic E-state index is 12.0. The molecular weight excluding hydrogens is 236 g/mol. The Morgan fingerprint density at radius 3 is 1.61 bits per heavy atom. The van der Waals surface area contributed by atoms with Crippen molar-refractivity contribution < 1.29 is 23.9 Å². The summed E-state index contributed by atoms with van der Waals surface area (Å²) in [4.78, 5) is 35.3. The van der Waals surface area contributed by atoms with Crippen molar-refractivity contribution in [2.24, 2.45) is 11.3 Å². The molecule has 0 aromatic carbocycles. The Labute approximate surface area is 108 Å². The molecule has 5 heteroatoms. The summed E-state index contributed by atoms with van der Waals surface area (Å²) in [5.41, 5.74) is -0.297.